The Morgan fingerprint density at radius 1 is 1.11 bits per heavy atom. The van der Waals surface area contributed by atoms with Crippen LogP contribution in [0.4, 0.5) is 10.1 Å². The molecule has 0 aliphatic rings. The molecule has 0 saturated heterocycles. The first-order chi connectivity index (χ1) is 12.6. The Hall–Kier alpha value is -2.16. The summed E-state index contributed by atoms with van der Waals surface area (Å²) in [6, 6.07) is 9.11. The molecule has 0 unspecified atom stereocenters. The zero-order valence-electron chi connectivity index (χ0n) is 15.0. The number of ether oxygens (including phenoxy) is 1. The van der Waals surface area contributed by atoms with E-state index in [1.165, 1.54) is 43.3 Å². The molecule has 0 heterocycles. The average Bonchev–Trinajstić information content (AvgIpc) is 2.56. The van der Waals surface area contributed by atoms with Gasteiger partial charge in [-0.25, -0.2) is 17.5 Å². The lowest BCUT2D eigenvalue weighted by Crippen LogP contribution is -2.31. The van der Waals surface area contributed by atoms with E-state index in [4.69, 9.17) is 16.3 Å². The van der Waals surface area contributed by atoms with Gasteiger partial charge in [0.1, 0.15) is 11.6 Å². The van der Waals surface area contributed by atoms with Crippen LogP contribution in [0.3, 0.4) is 0 Å². The Morgan fingerprint density at radius 3 is 2.30 bits per heavy atom. The summed E-state index contributed by atoms with van der Waals surface area (Å²) in [4.78, 5) is 12.3. The summed E-state index contributed by atoms with van der Waals surface area (Å²) in [5, 5.41) is 2.67. The van der Waals surface area contributed by atoms with Crippen molar-refractivity contribution in [1.29, 1.82) is 0 Å². The van der Waals surface area contributed by atoms with Crippen molar-refractivity contribution in [1.82, 2.24) is 4.72 Å². The predicted octanol–water partition coefficient (Wildman–Crippen LogP) is 3.57. The van der Waals surface area contributed by atoms with Crippen molar-refractivity contribution in [3.8, 4) is 5.75 Å². The molecule has 27 heavy (non-hydrogen) atoms. The van der Waals surface area contributed by atoms with Crippen LogP contribution in [0.15, 0.2) is 47.4 Å². The molecule has 9 heteroatoms. The molecule has 2 rings (SSSR count). The van der Waals surface area contributed by atoms with Crippen LogP contribution in [0, 0.1) is 5.82 Å². The fourth-order valence-corrected chi connectivity index (χ4v) is 3.62. The van der Waals surface area contributed by atoms with Crippen molar-refractivity contribution >= 4 is 33.2 Å². The van der Waals surface area contributed by atoms with Crippen molar-refractivity contribution in [2.75, 3.05) is 5.32 Å². The second kappa shape index (κ2) is 8.69. The van der Waals surface area contributed by atoms with Crippen LogP contribution in [-0.2, 0) is 14.8 Å². The molecule has 0 radical (unpaired) electrons. The first kappa shape index (κ1) is 21.1. The van der Waals surface area contributed by atoms with Gasteiger partial charge < -0.3 is 10.1 Å². The molecule has 1 atom stereocenters. The van der Waals surface area contributed by atoms with Crippen LogP contribution in [0.1, 0.15) is 20.8 Å². The van der Waals surface area contributed by atoms with Crippen molar-refractivity contribution in [2.45, 2.75) is 37.8 Å². The van der Waals surface area contributed by atoms with E-state index in [2.05, 4.69) is 10.0 Å². The van der Waals surface area contributed by atoms with Crippen molar-refractivity contribution in [3.63, 3.8) is 0 Å². The molecule has 1 amide bonds. The smallest absolute Gasteiger partial charge is 0.265 e. The summed E-state index contributed by atoms with van der Waals surface area (Å²) in [6.45, 7) is 4.96. The largest absolute Gasteiger partial charge is 0.479 e. The third kappa shape index (κ3) is 5.92. The van der Waals surface area contributed by atoms with Crippen LogP contribution in [0.5, 0.6) is 5.75 Å². The van der Waals surface area contributed by atoms with Gasteiger partial charge >= 0.3 is 0 Å². The zero-order chi connectivity index (χ0) is 20.2. The maximum absolute atomic E-state index is 13.1. The van der Waals surface area contributed by atoms with E-state index in [-0.39, 0.29) is 21.7 Å². The second-order valence-electron chi connectivity index (χ2n) is 6.12. The van der Waals surface area contributed by atoms with E-state index < -0.39 is 27.9 Å². The normalized spacial score (nSPS) is 12.7. The molecule has 146 valence electrons. The zero-order valence-corrected chi connectivity index (χ0v) is 16.6. The molecule has 0 fully saturated rings. The number of anilines is 1. The Kier molecular flexibility index (Phi) is 6.80. The van der Waals surface area contributed by atoms with Gasteiger partial charge in [-0.2, -0.15) is 0 Å². The summed E-state index contributed by atoms with van der Waals surface area (Å²) < 4.78 is 45.1. The minimum absolute atomic E-state index is 0.0573. The molecule has 2 aromatic carbocycles. The Balaban J connectivity index is 2.02. The van der Waals surface area contributed by atoms with E-state index in [1.54, 1.807) is 13.8 Å². The van der Waals surface area contributed by atoms with E-state index in [9.17, 15) is 17.6 Å². The maximum Gasteiger partial charge on any atom is 0.265 e. The van der Waals surface area contributed by atoms with Gasteiger partial charge in [0.05, 0.1) is 9.92 Å². The SMILES string of the molecule is CC(C)NS(=O)(=O)c1ccc(NC(=O)[C@@H](C)Oc2ccc(F)cc2Cl)cc1. The van der Waals surface area contributed by atoms with E-state index in [1.807, 2.05) is 0 Å². The van der Waals surface area contributed by atoms with Crippen LogP contribution in [0.2, 0.25) is 5.02 Å². The number of rotatable bonds is 7. The molecule has 0 saturated carbocycles. The van der Waals surface area contributed by atoms with Gasteiger partial charge in [0.2, 0.25) is 10.0 Å². The fourth-order valence-electron chi connectivity index (χ4n) is 2.15. The second-order valence-corrected chi connectivity index (χ2v) is 8.25. The number of benzene rings is 2. The highest BCUT2D eigenvalue weighted by atomic mass is 35.5. The van der Waals surface area contributed by atoms with Crippen molar-refractivity contribution in [2.24, 2.45) is 0 Å². The van der Waals surface area contributed by atoms with Gasteiger partial charge in [-0.05, 0) is 63.2 Å². The summed E-state index contributed by atoms with van der Waals surface area (Å²) in [5.74, 6) is -0.792. The van der Waals surface area contributed by atoms with Crippen molar-refractivity contribution < 1.29 is 22.3 Å². The molecule has 6 nitrogen and oxygen atoms in total. The number of carbonyl (C=O) groups excluding carboxylic acids is 1. The van der Waals surface area contributed by atoms with Crippen molar-refractivity contribution in [3.05, 3.63) is 53.3 Å². The summed E-state index contributed by atoms with van der Waals surface area (Å²) in [7, 11) is -3.60. The molecule has 0 aliphatic heterocycles. The number of halogens is 2. The quantitative estimate of drug-likeness (QED) is 0.725. The maximum atomic E-state index is 13.1. The third-order valence-corrected chi connectivity index (χ3v) is 5.36. The molecule has 2 aromatic rings. The summed E-state index contributed by atoms with van der Waals surface area (Å²) in [6.07, 6.45) is -0.904. The topological polar surface area (TPSA) is 84.5 Å². The molecule has 0 bridgehead atoms. The molecule has 2 N–H and O–H groups in total. The summed E-state index contributed by atoms with van der Waals surface area (Å²) >= 11 is 5.87. The first-order valence-electron chi connectivity index (χ1n) is 8.13. The van der Waals surface area contributed by atoms with Gasteiger partial charge in [0.25, 0.3) is 5.91 Å². The molecular weight excluding hydrogens is 395 g/mol. The van der Waals surface area contributed by atoms with Gasteiger partial charge in [-0.3, -0.25) is 4.79 Å². The minimum Gasteiger partial charge on any atom is -0.479 e. The number of amides is 1. The standard InChI is InChI=1S/C18H20ClFN2O4S/c1-11(2)22-27(24,25)15-7-5-14(6-8-15)21-18(23)12(3)26-17-9-4-13(20)10-16(17)19/h4-12,22H,1-3H3,(H,21,23)/t12-/m1/s1. The summed E-state index contributed by atoms with van der Waals surface area (Å²) in [5.41, 5.74) is 0.407. The number of hydrogen-bond donors (Lipinski definition) is 2. The Labute approximate surface area is 162 Å². The van der Waals surface area contributed by atoms with Crippen LogP contribution >= 0.6 is 11.6 Å². The fraction of sp³-hybridized carbons (Fsp3) is 0.278. The minimum atomic E-state index is -3.60. The molecule has 0 spiro atoms. The third-order valence-electron chi connectivity index (χ3n) is 3.39. The van der Waals surface area contributed by atoms with Gasteiger partial charge in [0.15, 0.2) is 6.10 Å². The predicted molar refractivity (Wildman–Crippen MR) is 102 cm³/mol. The van der Waals surface area contributed by atoms with Gasteiger partial charge in [-0.1, -0.05) is 11.6 Å². The van der Waals surface area contributed by atoms with Gasteiger partial charge in [-0.15, -0.1) is 0 Å². The lowest BCUT2D eigenvalue weighted by atomic mass is 10.3. The van der Waals surface area contributed by atoms with E-state index in [0.717, 1.165) is 6.07 Å². The highest BCUT2D eigenvalue weighted by molar-refractivity contribution is 7.89. The van der Waals surface area contributed by atoms with E-state index >= 15 is 0 Å². The average molecular weight is 415 g/mol. The molecule has 0 aromatic heterocycles. The van der Waals surface area contributed by atoms with E-state index in [0.29, 0.717) is 5.69 Å². The number of nitrogens with one attached hydrogen (secondary N) is 2. The van der Waals surface area contributed by atoms with Crippen LogP contribution < -0.4 is 14.8 Å². The lowest BCUT2D eigenvalue weighted by Gasteiger charge is -2.16. The van der Waals surface area contributed by atoms with Gasteiger partial charge in [0, 0.05) is 11.7 Å². The Bertz CT molecular complexity index is 917. The highest BCUT2D eigenvalue weighted by Gasteiger charge is 2.18. The number of hydrogen-bond acceptors (Lipinski definition) is 4. The Morgan fingerprint density at radius 2 is 1.74 bits per heavy atom. The number of carbonyl (C=O) groups is 1. The number of sulfonamides is 1. The monoisotopic (exact) mass is 414 g/mol. The first-order valence-corrected chi connectivity index (χ1v) is 9.99. The molecular formula is C18H20ClFN2O4S. The van der Waals surface area contributed by atoms with Crippen LogP contribution in [-0.4, -0.2) is 26.5 Å². The highest BCUT2D eigenvalue weighted by Crippen LogP contribution is 2.26. The lowest BCUT2D eigenvalue weighted by molar-refractivity contribution is -0.122. The van der Waals surface area contributed by atoms with Crippen LogP contribution in [0.25, 0.3) is 0 Å². The molecule has 0 aliphatic carbocycles.